The summed E-state index contributed by atoms with van der Waals surface area (Å²) in [6.45, 7) is 6.12. The van der Waals surface area contributed by atoms with Crippen molar-refractivity contribution in [1.82, 2.24) is 0 Å². The zero-order chi connectivity index (χ0) is 21.3. The van der Waals surface area contributed by atoms with E-state index in [0.29, 0.717) is 11.5 Å². The Balaban J connectivity index is 1.55. The molecular weight excluding hydrogens is 400 g/mol. The van der Waals surface area contributed by atoms with E-state index in [1.54, 1.807) is 12.1 Å². The van der Waals surface area contributed by atoms with E-state index in [9.17, 15) is 8.42 Å². The number of ether oxygens (including phenoxy) is 2. The van der Waals surface area contributed by atoms with Crippen LogP contribution in [0.3, 0.4) is 0 Å². The van der Waals surface area contributed by atoms with Gasteiger partial charge in [-0.3, -0.25) is 4.18 Å². The van der Waals surface area contributed by atoms with Crippen LogP contribution in [0.5, 0.6) is 11.5 Å². The average Bonchev–Trinajstić information content (AvgIpc) is 2.74. The molecule has 30 heavy (non-hydrogen) atoms. The summed E-state index contributed by atoms with van der Waals surface area (Å²) in [7, 11) is -3.86. The van der Waals surface area contributed by atoms with Crippen molar-refractivity contribution < 1.29 is 22.1 Å². The highest BCUT2D eigenvalue weighted by molar-refractivity contribution is 7.86. The fraction of sp³-hybridized carbons (Fsp3) is 0.250. The first-order valence-electron chi connectivity index (χ1n) is 9.80. The van der Waals surface area contributed by atoms with Crippen LogP contribution in [0.4, 0.5) is 0 Å². The van der Waals surface area contributed by atoms with E-state index in [1.807, 2.05) is 37.3 Å². The molecule has 3 aromatic rings. The van der Waals surface area contributed by atoms with Gasteiger partial charge in [-0.2, -0.15) is 8.42 Å². The number of rotatable bonds is 5. The monoisotopic (exact) mass is 424 g/mol. The Morgan fingerprint density at radius 1 is 0.933 bits per heavy atom. The summed E-state index contributed by atoms with van der Waals surface area (Å²) in [5.74, 6) is 1.25. The molecular formula is C24H24O5S. The van der Waals surface area contributed by atoms with Gasteiger partial charge in [0, 0.05) is 5.56 Å². The molecule has 1 heterocycles. The van der Waals surface area contributed by atoms with E-state index in [1.165, 1.54) is 17.7 Å². The van der Waals surface area contributed by atoms with Gasteiger partial charge in [0.25, 0.3) is 10.1 Å². The Kier molecular flexibility index (Phi) is 5.54. The van der Waals surface area contributed by atoms with Crippen LogP contribution in [-0.4, -0.2) is 27.7 Å². The lowest BCUT2D eigenvalue weighted by molar-refractivity contribution is 0.0561. The first-order valence-corrected chi connectivity index (χ1v) is 11.2. The lowest BCUT2D eigenvalue weighted by Crippen LogP contribution is -2.34. The minimum atomic E-state index is -3.86. The third kappa shape index (κ3) is 4.06. The number of hydrogen-bond donors (Lipinski definition) is 0. The van der Waals surface area contributed by atoms with Gasteiger partial charge in [0.2, 0.25) is 0 Å². The second-order valence-corrected chi connectivity index (χ2v) is 9.10. The van der Waals surface area contributed by atoms with Gasteiger partial charge in [-0.05, 0) is 55.7 Å². The third-order valence-corrected chi connectivity index (χ3v) is 6.60. The van der Waals surface area contributed by atoms with Crippen LogP contribution in [0.25, 0.3) is 11.1 Å². The minimum Gasteiger partial charge on any atom is -0.486 e. The van der Waals surface area contributed by atoms with Crippen LogP contribution < -0.4 is 9.47 Å². The quantitative estimate of drug-likeness (QED) is 0.549. The number of benzene rings is 3. The second kappa shape index (κ2) is 8.13. The van der Waals surface area contributed by atoms with Crippen LogP contribution in [0.15, 0.2) is 65.6 Å². The van der Waals surface area contributed by atoms with Crippen molar-refractivity contribution in [2.24, 2.45) is 0 Å². The molecule has 6 heteroatoms. The van der Waals surface area contributed by atoms with Crippen LogP contribution in [-0.2, 0) is 14.3 Å². The molecule has 0 aliphatic carbocycles. The molecule has 0 amide bonds. The molecule has 0 radical (unpaired) electrons. The predicted octanol–water partition coefficient (Wildman–Crippen LogP) is 4.82. The fourth-order valence-electron chi connectivity index (χ4n) is 3.41. The molecule has 1 atom stereocenters. The van der Waals surface area contributed by atoms with Crippen LogP contribution in [0.1, 0.15) is 16.7 Å². The Hall–Kier alpha value is -2.83. The van der Waals surface area contributed by atoms with E-state index in [4.69, 9.17) is 13.7 Å². The molecule has 0 saturated heterocycles. The van der Waals surface area contributed by atoms with E-state index in [2.05, 4.69) is 19.9 Å². The Bertz CT molecular complexity index is 1170. The van der Waals surface area contributed by atoms with Crippen molar-refractivity contribution in [2.75, 3.05) is 13.2 Å². The van der Waals surface area contributed by atoms with E-state index < -0.39 is 16.2 Å². The highest BCUT2D eigenvalue weighted by Crippen LogP contribution is 2.42. The van der Waals surface area contributed by atoms with Gasteiger partial charge in [0.1, 0.15) is 13.2 Å². The highest BCUT2D eigenvalue weighted by atomic mass is 32.2. The Labute approximate surface area is 177 Å². The molecule has 0 spiro atoms. The van der Waals surface area contributed by atoms with Crippen LogP contribution >= 0.6 is 0 Å². The maximum Gasteiger partial charge on any atom is 0.297 e. The Morgan fingerprint density at radius 2 is 1.63 bits per heavy atom. The summed E-state index contributed by atoms with van der Waals surface area (Å²) in [4.78, 5) is 0.126. The van der Waals surface area contributed by atoms with Crippen molar-refractivity contribution in [3.05, 3.63) is 77.4 Å². The molecule has 1 unspecified atom stereocenters. The van der Waals surface area contributed by atoms with Gasteiger partial charge in [0.05, 0.1) is 4.90 Å². The number of hydrogen-bond acceptors (Lipinski definition) is 5. The standard InChI is InChI=1S/C24H24O5S/c1-16-10-12-20(13-11-16)30(25,26)28-15-19-14-27-23-9-5-8-22(24(23)29-19)21-7-4-6-17(2)18(21)3/h4-13,19H,14-15H2,1-3H3. The lowest BCUT2D eigenvalue weighted by Gasteiger charge is -2.28. The Morgan fingerprint density at radius 3 is 2.40 bits per heavy atom. The second-order valence-electron chi connectivity index (χ2n) is 7.48. The molecule has 0 bridgehead atoms. The van der Waals surface area contributed by atoms with Crippen LogP contribution in [0.2, 0.25) is 0 Å². The fourth-order valence-corrected chi connectivity index (χ4v) is 4.35. The molecule has 156 valence electrons. The maximum atomic E-state index is 12.5. The molecule has 0 aromatic heterocycles. The number of fused-ring (bicyclic) bond motifs is 1. The summed E-state index contributed by atoms with van der Waals surface area (Å²) < 4.78 is 42.2. The van der Waals surface area contributed by atoms with Crippen LogP contribution in [0, 0.1) is 20.8 Å². The number of aryl methyl sites for hydroxylation is 2. The first kappa shape index (κ1) is 20.4. The van der Waals surface area contributed by atoms with Crippen molar-refractivity contribution >= 4 is 10.1 Å². The third-order valence-electron chi connectivity index (χ3n) is 5.30. The van der Waals surface area contributed by atoms with Crippen molar-refractivity contribution in [1.29, 1.82) is 0 Å². The smallest absolute Gasteiger partial charge is 0.297 e. The number of para-hydroxylation sites is 1. The van der Waals surface area contributed by atoms with E-state index in [0.717, 1.165) is 22.3 Å². The van der Waals surface area contributed by atoms with Gasteiger partial charge in [-0.1, -0.05) is 48.0 Å². The molecule has 5 nitrogen and oxygen atoms in total. The summed E-state index contributed by atoms with van der Waals surface area (Å²) in [6, 6.07) is 18.4. The summed E-state index contributed by atoms with van der Waals surface area (Å²) in [6.07, 6.45) is -0.538. The zero-order valence-electron chi connectivity index (χ0n) is 17.2. The first-order chi connectivity index (χ1) is 14.3. The summed E-state index contributed by atoms with van der Waals surface area (Å²) in [5.41, 5.74) is 5.30. The maximum absolute atomic E-state index is 12.5. The average molecular weight is 425 g/mol. The molecule has 0 N–H and O–H groups in total. The lowest BCUT2D eigenvalue weighted by atomic mass is 9.96. The SMILES string of the molecule is Cc1ccc(S(=O)(=O)OCC2COc3cccc(-c4cccc(C)c4C)c3O2)cc1. The van der Waals surface area contributed by atoms with Gasteiger partial charge in [-0.15, -0.1) is 0 Å². The summed E-state index contributed by atoms with van der Waals surface area (Å²) >= 11 is 0. The van der Waals surface area contributed by atoms with Crippen molar-refractivity contribution in [3.63, 3.8) is 0 Å². The molecule has 0 saturated carbocycles. The molecule has 0 fully saturated rings. The van der Waals surface area contributed by atoms with Gasteiger partial charge in [0.15, 0.2) is 17.6 Å². The molecule has 4 rings (SSSR count). The van der Waals surface area contributed by atoms with Crippen molar-refractivity contribution in [3.8, 4) is 22.6 Å². The highest BCUT2D eigenvalue weighted by Gasteiger charge is 2.27. The topological polar surface area (TPSA) is 61.8 Å². The summed E-state index contributed by atoms with van der Waals surface area (Å²) in [5, 5.41) is 0. The molecule has 1 aliphatic rings. The molecule has 3 aromatic carbocycles. The normalized spacial score (nSPS) is 15.8. The predicted molar refractivity (Wildman–Crippen MR) is 116 cm³/mol. The van der Waals surface area contributed by atoms with Gasteiger partial charge in [-0.25, -0.2) is 0 Å². The molecule has 1 aliphatic heterocycles. The largest absolute Gasteiger partial charge is 0.486 e. The zero-order valence-corrected chi connectivity index (χ0v) is 18.0. The van der Waals surface area contributed by atoms with Crippen molar-refractivity contribution in [2.45, 2.75) is 31.8 Å². The van der Waals surface area contributed by atoms with E-state index in [-0.39, 0.29) is 18.1 Å². The van der Waals surface area contributed by atoms with Gasteiger partial charge >= 0.3 is 0 Å². The van der Waals surface area contributed by atoms with E-state index >= 15 is 0 Å². The minimum absolute atomic E-state index is 0.126. The van der Waals surface area contributed by atoms with Gasteiger partial charge < -0.3 is 9.47 Å².